The van der Waals surface area contributed by atoms with E-state index in [0.29, 0.717) is 5.76 Å². The van der Waals surface area contributed by atoms with Gasteiger partial charge in [-0.15, -0.1) is 0 Å². The molecule has 0 saturated heterocycles. The van der Waals surface area contributed by atoms with Crippen LogP contribution in [-0.4, -0.2) is 30.6 Å². The zero-order valence-corrected chi connectivity index (χ0v) is 15.7. The molecule has 24 heavy (non-hydrogen) atoms. The SMILES string of the molecule is C1CCCCC1.C[N+](C)(C)Cc1c[nH]c(=O)o1.Cc1ccccc1. The van der Waals surface area contributed by atoms with E-state index < -0.39 is 0 Å². The van der Waals surface area contributed by atoms with E-state index in [1.54, 1.807) is 6.20 Å². The Labute approximate surface area is 146 Å². The van der Waals surface area contributed by atoms with Crippen LogP contribution in [0.1, 0.15) is 49.8 Å². The van der Waals surface area contributed by atoms with Crippen molar-refractivity contribution in [2.24, 2.45) is 0 Å². The normalized spacial score (nSPS) is 14.0. The van der Waals surface area contributed by atoms with Crippen molar-refractivity contribution in [1.82, 2.24) is 4.98 Å². The van der Waals surface area contributed by atoms with Crippen molar-refractivity contribution in [3.8, 4) is 0 Å². The molecule has 0 spiro atoms. The van der Waals surface area contributed by atoms with Gasteiger partial charge in [0.1, 0.15) is 6.54 Å². The number of nitrogens with one attached hydrogen (secondary N) is 1. The zero-order chi connectivity index (χ0) is 17.8. The van der Waals surface area contributed by atoms with Gasteiger partial charge >= 0.3 is 5.76 Å². The Hall–Kier alpha value is -1.81. The fourth-order valence-corrected chi connectivity index (χ4v) is 2.46. The average Bonchev–Trinajstić information content (AvgIpc) is 2.94. The van der Waals surface area contributed by atoms with E-state index in [0.717, 1.165) is 11.0 Å². The van der Waals surface area contributed by atoms with E-state index in [4.69, 9.17) is 4.42 Å². The Balaban J connectivity index is 0.000000191. The summed E-state index contributed by atoms with van der Waals surface area (Å²) in [6.07, 6.45) is 10.6. The standard InChI is InChI=1S/C7H12N2O2.C7H8.C6H12/c1-9(2,3)5-6-4-8-7(10)11-6;1-7-5-3-2-4-6-7;1-2-4-6-5-3-1/h4H,5H2,1-3H3;2-6H,1H3;1-6H2/p+1. The lowest BCUT2D eigenvalue weighted by Gasteiger charge is -2.21. The molecule has 1 aromatic heterocycles. The Morgan fingerprint density at radius 3 is 1.75 bits per heavy atom. The number of aryl methyl sites for hydroxylation is 1. The molecule has 1 heterocycles. The van der Waals surface area contributed by atoms with Crippen molar-refractivity contribution in [2.45, 2.75) is 52.0 Å². The number of aromatic amines is 1. The number of rotatable bonds is 2. The van der Waals surface area contributed by atoms with Crippen molar-refractivity contribution >= 4 is 0 Å². The highest BCUT2D eigenvalue weighted by Gasteiger charge is 2.11. The van der Waals surface area contributed by atoms with Crippen molar-refractivity contribution in [2.75, 3.05) is 21.1 Å². The fourth-order valence-electron chi connectivity index (χ4n) is 2.46. The van der Waals surface area contributed by atoms with Crippen LogP contribution in [0, 0.1) is 6.92 Å². The zero-order valence-electron chi connectivity index (χ0n) is 15.7. The molecule has 0 bridgehead atoms. The number of oxazole rings is 1. The van der Waals surface area contributed by atoms with E-state index in [-0.39, 0.29) is 5.76 Å². The van der Waals surface area contributed by atoms with E-state index in [9.17, 15) is 4.79 Å². The van der Waals surface area contributed by atoms with Gasteiger partial charge in [0.2, 0.25) is 0 Å². The third kappa shape index (κ3) is 10.8. The summed E-state index contributed by atoms with van der Waals surface area (Å²) in [5.74, 6) is 0.316. The molecule has 0 amide bonds. The second-order valence-electron chi connectivity index (χ2n) is 7.37. The highest BCUT2D eigenvalue weighted by molar-refractivity contribution is 5.11. The smallest absolute Gasteiger partial charge is 0.407 e. The van der Waals surface area contributed by atoms with E-state index >= 15 is 0 Å². The van der Waals surface area contributed by atoms with Gasteiger partial charge in [0.15, 0.2) is 5.76 Å². The number of quaternary nitrogens is 1. The summed E-state index contributed by atoms with van der Waals surface area (Å²) in [5, 5.41) is 0. The molecule has 4 heteroatoms. The largest absolute Gasteiger partial charge is 0.416 e. The predicted octanol–water partition coefficient (Wildman–Crippen LogP) is 4.51. The molecule has 1 saturated carbocycles. The first-order chi connectivity index (χ1) is 11.4. The Morgan fingerprint density at radius 1 is 0.958 bits per heavy atom. The van der Waals surface area contributed by atoms with Crippen molar-refractivity contribution in [1.29, 1.82) is 0 Å². The number of hydrogen-bond acceptors (Lipinski definition) is 2. The van der Waals surface area contributed by atoms with Gasteiger partial charge in [0.25, 0.3) is 0 Å². The minimum absolute atomic E-state index is 0.381. The van der Waals surface area contributed by atoms with Crippen LogP contribution >= 0.6 is 0 Å². The lowest BCUT2D eigenvalue weighted by Crippen LogP contribution is -2.33. The van der Waals surface area contributed by atoms with Crippen LogP contribution < -0.4 is 5.76 Å². The topological polar surface area (TPSA) is 46.0 Å². The van der Waals surface area contributed by atoms with Gasteiger partial charge in [-0.2, -0.15) is 0 Å². The first-order valence-electron chi connectivity index (χ1n) is 8.86. The summed E-state index contributed by atoms with van der Waals surface area (Å²) < 4.78 is 5.58. The highest BCUT2D eigenvalue weighted by atomic mass is 16.4. The fraction of sp³-hybridized carbons (Fsp3) is 0.550. The summed E-state index contributed by atoms with van der Waals surface area (Å²) in [6, 6.07) is 10.3. The van der Waals surface area contributed by atoms with E-state index in [1.807, 2.05) is 39.3 Å². The minimum atomic E-state index is -0.381. The molecule has 0 unspecified atom stereocenters. The first kappa shape index (κ1) is 20.2. The summed E-state index contributed by atoms with van der Waals surface area (Å²) in [4.78, 5) is 13.0. The van der Waals surface area contributed by atoms with Crippen LogP contribution in [0.15, 0.2) is 45.7 Å². The molecule has 1 aliphatic rings. The molecule has 0 radical (unpaired) electrons. The van der Waals surface area contributed by atoms with Crippen molar-refractivity contribution < 1.29 is 8.90 Å². The van der Waals surface area contributed by atoms with Crippen LogP contribution in [0.3, 0.4) is 0 Å². The van der Waals surface area contributed by atoms with Gasteiger partial charge in [-0.05, 0) is 6.92 Å². The summed E-state index contributed by atoms with van der Waals surface area (Å²) in [7, 11) is 6.10. The molecular weight excluding hydrogens is 300 g/mol. The maximum absolute atomic E-state index is 10.5. The average molecular weight is 333 g/mol. The maximum atomic E-state index is 10.5. The number of H-pyrrole nitrogens is 1. The number of nitrogens with zero attached hydrogens (tertiary/aromatic N) is 1. The third-order valence-corrected chi connectivity index (χ3v) is 3.65. The Bertz CT molecular complexity index is 578. The van der Waals surface area contributed by atoms with Gasteiger partial charge < -0.3 is 8.90 Å². The van der Waals surface area contributed by atoms with Gasteiger partial charge in [-0.25, -0.2) is 4.79 Å². The summed E-state index contributed by atoms with van der Waals surface area (Å²) >= 11 is 0. The van der Waals surface area contributed by atoms with E-state index in [1.165, 1.54) is 44.1 Å². The van der Waals surface area contributed by atoms with Crippen LogP contribution in [0.2, 0.25) is 0 Å². The van der Waals surface area contributed by atoms with Gasteiger partial charge in [-0.1, -0.05) is 74.4 Å². The van der Waals surface area contributed by atoms with Crippen LogP contribution in [0.4, 0.5) is 0 Å². The second-order valence-corrected chi connectivity index (χ2v) is 7.37. The predicted molar refractivity (Wildman–Crippen MR) is 99.9 cm³/mol. The molecule has 4 nitrogen and oxygen atoms in total. The maximum Gasteiger partial charge on any atom is 0.416 e. The van der Waals surface area contributed by atoms with Crippen molar-refractivity contribution in [3.63, 3.8) is 0 Å². The van der Waals surface area contributed by atoms with Gasteiger partial charge in [0, 0.05) is 0 Å². The van der Waals surface area contributed by atoms with E-state index in [2.05, 4.69) is 24.0 Å². The molecule has 134 valence electrons. The second kappa shape index (κ2) is 10.9. The van der Waals surface area contributed by atoms with Gasteiger partial charge in [0.05, 0.1) is 27.3 Å². The number of hydrogen-bond donors (Lipinski definition) is 1. The molecule has 2 aromatic rings. The highest BCUT2D eigenvalue weighted by Crippen LogP contribution is 2.15. The Morgan fingerprint density at radius 2 is 1.46 bits per heavy atom. The molecule has 1 aromatic carbocycles. The quantitative estimate of drug-likeness (QED) is 0.822. The molecule has 1 N–H and O–H groups in total. The number of aromatic nitrogens is 1. The van der Waals surface area contributed by atoms with Crippen LogP contribution in [-0.2, 0) is 6.54 Å². The lowest BCUT2D eigenvalue weighted by molar-refractivity contribution is -0.884. The lowest BCUT2D eigenvalue weighted by atomic mass is 10.0. The van der Waals surface area contributed by atoms with Crippen LogP contribution in [0.5, 0.6) is 0 Å². The van der Waals surface area contributed by atoms with Gasteiger partial charge in [-0.3, -0.25) is 4.98 Å². The molecule has 0 atom stereocenters. The molecular formula is C20H33N2O2+. The third-order valence-electron chi connectivity index (χ3n) is 3.65. The van der Waals surface area contributed by atoms with Crippen molar-refractivity contribution in [3.05, 3.63) is 58.4 Å². The molecule has 1 aliphatic carbocycles. The molecule has 3 rings (SSSR count). The summed E-state index contributed by atoms with van der Waals surface area (Å²) in [6.45, 7) is 2.80. The Kier molecular flexibility index (Phi) is 9.16. The first-order valence-corrected chi connectivity index (χ1v) is 8.86. The molecule has 1 fully saturated rings. The summed E-state index contributed by atoms with van der Waals surface area (Å²) in [5.41, 5.74) is 1.32. The molecule has 0 aliphatic heterocycles. The minimum Gasteiger partial charge on any atom is -0.407 e. The monoisotopic (exact) mass is 333 g/mol. The number of benzene rings is 1. The van der Waals surface area contributed by atoms with Crippen LogP contribution in [0.25, 0.3) is 0 Å².